The first-order chi connectivity index (χ1) is 13.7. The zero-order chi connectivity index (χ0) is 19.8. The van der Waals surface area contributed by atoms with Gasteiger partial charge in [0.2, 0.25) is 0 Å². The summed E-state index contributed by atoms with van der Waals surface area (Å²) in [5.41, 5.74) is 1.23. The van der Waals surface area contributed by atoms with Gasteiger partial charge in [-0.3, -0.25) is 4.99 Å². The number of aromatic nitrogens is 2. The summed E-state index contributed by atoms with van der Waals surface area (Å²) in [6.45, 7) is 9.59. The average Bonchev–Trinajstić information content (AvgIpc) is 3.33. The van der Waals surface area contributed by atoms with Crippen LogP contribution < -0.4 is 5.32 Å². The van der Waals surface area contributed by atoms with Gasteiger partial charge in [-0.1, -0.05) is 44.2 Å². The predicted octanol–water partition coefficient (Wildman–Crippen LogP) is 3.15. The summed E-state index contributed by atoms with van der Waals surface area (Å²) in [5, 5.41) is 3.48. The Kier molecular flexibility index (Phi) is 7.48. The number of hydrogen-bond acceptors (Lipinski definition) is 3. The Morgan fingerprint density at radius 1 is 1.32 bits per heavy atom. The average molecular weight is 384 g/mol. The molecule has 2 aromatic rings. The van der Waals surface area contributed by atoms with Gasteiger partial charge >= 0.3 is 0 Å². The summed E-state index contributed by atoms with van der Waals surface area (Å²) < 4.78 is 8.15. The molecule has 6 nitrogen and oxygen atoms in total. The first kappa shape index (κ1) is 20.4. The molecule has 2 heterocycles. The number of benzene rings is 1. The second-order valence-electron chi connectivity index (χ2n) is 7.89. The minimum Gasteiger partial charge on any atom is -0.376 e. The van der Waals surface area contributed by atoms with E-state index in [1.165, 1.54) is 5.56 Å². The fourth-order valence-corrected chi connectivity index (χ4v) is 3.64. The lowest BCUT2D eigenvalue weighted by molar-refractivity contribution is 0.0906. The summed E-state index contributed by atoms with van der Waals surface area (Å²) in [6, 6.07) is 10.4. The Morgan fingerprint density at radius 2 is 2.14 bits per heavy atom. The fourth-order valence-electron chi connectivity index (χ4n) is 3.64. The molecule has 0 radical (unpaired) electrons. The van der Waals surface area contributed by atoms with Crippen LogP contribution in [0.1, 0.15) is 31.7 Å². The van der Waals surface area contributed by atoms with Crippen molar-refractivity contribution < 1.29 is 4.74 Å². The number of likely N-dealkylation sites (tertiary alicyclic amines) is 1. The van der Waals surface area contributed by atoms with Crippen molar-refractivity contribution in [2.24, 2.45) is 16.8 Å². The van der Waals surface area contributed by atoms with Crippen molar-refractivity contribution in [3.63, 3.8) is 0 Å². The van der Waals surface area contributed by atoms with E-state index in [4.69, 9.17) is 4.74 Å². The van der Waals surface area contributed by atoms with Gasteiger partial charge in [-0.2, -0.15) is 0 Å². The lowest BCUT2D eigenvalue weighted by atomic mass is 10.1. The minimum absolute atomic E-state index is 0.546. The third kappa shape index (κ3) is 5.83. The molecule has 1 aliphatic rings. The smallest absolute Gasteiger partial charge is 0.194 e. The van der Waals surface area contributed by atoms with Gasteiger partial charge in [0, 0.05) is 45.0 Å². The molecule has 1 aromatic carbocycles. The molecule has 0 spiro atoms. The van der Waals surface area contributed by atoms with Crippen LogP contribution >= 0.6 is 0 Å². The summed E-state index contributed by atoms with van der Waals surface area (Å²) in [7, 11) is 1.85. The summed E-state index contributed by atoms with van der Waals surface area (Å²) in [4.78, 5) is 11.3. The lowest BCUT2D eigenvalue weighted by Crippen LogP contribution is -2.40. The van der Waals surface area contributed by atoms with Crippen molar-refractivity contribution in [2.75, 3.05) is 26.7 Å². The molecule has 1 aromatic heterocycles. The number of ether oxygens (including phenoxy) is 1. The number of rotatable bonds is 8. The van der Waals surface area contributed by atoms with Gasteiger partial charge in [0.25, 0.3) is 0 Å². The molecule has 0 aliphatic carbocycles. The van der Waals surface area contributed by atoms with Crippen LogP contribution in [0.25, 0.3) is 0 Å². The Bertz CT molecular complexity index is 740. The highest BCUT2D eigenvalue weighted by molar-refractivity contribution is 5.80. The number of guanidine groups is 1. The van der Waals surface area contributed by atoms with Gasteiger partial charge in [-0.25, -0.2) is 4.98 Å². The van der Waals surface area contributed by atoms with Crippen molar-refractivity contribution in [1.29, 1.82) is 0 Å². The maximum atomic E-state index is 5.94. The molecular weight excluding hydrogens is 350 g/mol. The molecule has 1 unspecified atom stereocenters. The van der Waals surface area contributed by atoms with E-state index in [9.17, 15) is 0 Å². The largest absolute Gasteiger partial charge is 0.376 e. The van der Waals surface area contributed by atoms with Crippen LogP contribution in [0.2, 0.25) is 0 Å². The molecule has 1 saturated heterocycles. The molecule has 1 N–H and O–H groups in total. The lowest BCUT2D eigenvalue weighted by Gasteiger charge is -2.22. The van der Waals surface area contributed by atoms with Gasteiger partial charge in [-0.05, 0) is 17.9 Å². The number of imidazole rings is 1. The third-order valence-electron chi connectivity index (χ3n) is 5.03. The number of nitrogens with one attached hydrogen (secondary N) is 1. The first-order valence-electron chi connectivity index (χ1n) is 10.2. The molecule has 152 valence electrons. The maximum Gasteiger partial charge on any atom is 0.194 e. The van der Waals surface area contributed by atoms with Crippen molar-refractivity contribution in [3.8, 4) is 0 Å². The van der Waals surface area contributed by atoms with E-state index in [-0.39, 0.29) is 0 Å². The highest BCUT2D eigenvalue weighted by atomic mass is 16.5. The zero-order valence-electron chi connectivity index (χ0n) is 17.3. The van der Waals surface area contributed by atoms with Crippen molar-refractivity contribution in [2.45, 2.75) is 40.0 Å². The van der Waals surface area contributed by atoms with E-state index >= 15 is 0 Å². The van der Waals surface area contributed by atoms with Gasteiger partial charge in [-0.15, -0.1) is 0 Å². The van der Waals surface area contributed by atoms with Crippen molar-refractivity contribution >= 4 is 5.96 Å². The summed E-state index contributed by atoms with van der Waals surface area (Å²) in [6.07, 6.45) is 5.06. The Hall–Kier alpha value is -2.34. The topological polar surface area (TPSA) is 54.7 Å². The normalized spacial score (nSPS) is 17.5. The van der Waals surface area contributed by atoms with Crippen LogP contribution in [0.3, 0.4) is 0 Å². The molecule has 1 fully saturated rings. The third-order valence-corrected chi connectivity index (χ3v) is 5.03. The van der Waals surface area contributed by atoms with Crippen LogP contribution in [0.15, 0.2) is 47.7 Å². The van der Waals surface area contributed by atoms with Crippen LogP contribution in [-0.2, 0) is 24.4 Å². The molecule has 3 rings (SSSR count). The molecule has 6 heteroatoms. The van der Waals surface area contributed by atoms with Crippen molar-refractivity contribution in [1.82, 2.24) is 19.8 Å². The Labute approximate surface area is 168 Å². The number of aliphatic imine (C=N–C) groups is 1. The Morgan fingerprint density at radius 3 is 2.89 bits per heavy atom. The highest BCUT2D eigenvalue weighted by Gasteiger charge is 2.25. The van der Waals surface area contributed by atoms with E-state index in [0.29, 0.717) is 25.0 Å². The maximum absolute atomic E-state index is 5.94. The monoisotopic (exact) mass is 383 g/mol. The van der Waals surface area contributed by atoms with Crippen LogP contribution in [0.5, 0.6) is 0 Å². The fraction of sp³-hybridized carbons (Fsp3) is 0.545. The zero-order valence-corrected chi connectivity index (χ0v) is 17.3. The molecule has 0 saturated carbocycles. The summed E-state index contributed by atoms with van der Waals surface area (Å²) in [5.74, 6) is 3.15. The first-order valence-corrected chi connectivity index (χ1v) is 10.2. The van der Waals surface area contributed by atoms with E-state index in [2.05, 4.69) is 69.1 Å². The van der Waals surface area contributed by atoms with Gasteiger partial charge in [0.1, 0.15) is 5.82 Å². The molecule has 0 amide bonds. The molecule has 0 bridgehead atoms. The van der Waals surface area contributed by atoms with E-state index in [0.717, 1.165) is 44.4 Å². The van der Waals surface area contributed by atoms with Gasteiger partial charge < -0.3 is 19.5 Å². The number of hydrogen-bond donors (Lipinski definition) is 1. The molecule has 1 aliphatic heterocycles. The van der Waals surface area contributed by atoms with E-state index in [1.807, 2.05) is 19.3 Å². The standard InChI is InChI=1S/C22H33N5O/c1-18(2)14-26-12-10-24-21(26)13-25-22(23-3)27-11-9-20(15-27)17-28-16-19-7-5-4-6-8-19/h4-8,10,12,18,20H,9,11,13-17H2,1-3H3,(H,23,25). The van der Waals surface area contributed by atoms with Crippen LogP contribution in [0, 0.1) is 11.8 Å². The van der Waals surface area contributed by atoms with E-state index < -0.39 is 0 Å². The number of nitrogens with zero attached hydrogens (tertiary/aromatic N) is 4. The minimum atomic E-state index is 0.546. The quantitative estimate of drug-likeness (QED) is 0.562. The van der Waals surface area contributed by atoms with Gasteiger partial charge in [0.15, 0.2) is 5.96 Å². The predicted molar refractivity (Wildman–Crippen MR) is 113 cm³/mol. The van der Waals surface area contributed by atoms with E-state index in [1.54, 1.807) is 0 Å². The SMILES string of the molecule is CN=C(NCc1nccn1CC(C)C)N1CCC(COCc2ccccc2)C1. The molecule has 1 atom stereocenters. The summed E-state index contributed by atoms with van der Waals surface area (Å²) >= 11 is 0. The Balaban J connectivity index is 1.43. The second-order valence-corrected chi connectivity index (χ2v) is 7.89. The highest BCUT2D eigenvalue weighted by Crippen LogP contribution is 2.17. The van der Waals surface area contributed by atoms with Crippen LogP contribution in [0.4, 0.5) is 0 Å². The second kappa shape index (κ2) is 10.3. The van der Waals surface area contributed by atoms with Gasteiger partial charge in [0.05, 0.1) is 19.8 Å². The molecule has 28 heavy (non-hydrogen) atoms. The van der Waals surface area contributed by atoms with Crippen LogP contribution in [-0.4, -0.2) is 47.2 Å². The van der Waals surface area contributed by atoms with Crippen molar-refractivity contribution in [3.05, 3.63) is 54.1 Å². The molecular formula is C22H33N5O.